The van der Waals surface area contributed by atoms with Gasteiger partial charge in [0.2, 0.25) is 0 Å². The number of esters is 1. The fourth-order valence-corrected chi connectivity index (χ4v) is 3.33. The molecular weight excluding hydrogens is 304 g/mol. The number of aliphatic carboxylic acids is 1. The van der Waals surface area contributed by atoms with Gasteiger partial charge in [-0.15, -0.1) is 0 Å². The summed E-state index contributed by atoms with van der Waals surface area (Å²) in [4.78, 5) is 24.0. The van der Waals surface area contributed by atoms with Crippen molar-refractivity contribution >= 4 is 11.9 Å². The van der Waals surface area contributed by atoms with Crippen molar-refractivity contribution in [1.82, 2.24) is 0 Å². The number of hydrogen-bond acceptors (Lipinski definition) is 3. The summed E-state index contributed by atoms with van der Waals surface area (Å²) in [5, 5.41) is 9.29. The molecule has 1 N–H and O–H groups in total. The molecular formula is C20H20O4. The monoisotopic (exact) mass is 324 g/mol. The third-order valence-corrected chi connectivity index (χ3v) is 4.57. The van der Waals surface area contributed by atoms with Gasteiger partial charge in [0.15, 0.2) is 6.10 Å². The molecule has 0 bridgehead atoms. The Bertz CT molecular complexity index is 657. The lowest BCUT2D eigenvalue weighted by molar-refractivity contribution is -0.159. The number of benzene rings is 2. The summed E-state index contributed by atoms with van der Waals surface area (Å²) in [6.45, 7) is 0. The normalized spacial score (nSPS) is 20.0. The van der Waals surface area contributed by atoms with Gasteiger partial charge in [0.25, 0.3) is 0 Å². The Balaban J connectivity index is 1.85. The van der Waals surface area contributed by atoms with E-state index in [2.05, 4.69) is 0 Å². The molecule has 0 aromatic heterocycles. The summed E-state index contributed by atoms with van der Waals surface area (Å²) < 4.78 is 5.78. The molecule has 0 radical (unpaired) electrons. The summed E-state index contributed by atoms with van der Waals surface area (Å²) in [6.07, 6.45) is 1.34. The lowest BCUT2D eigenvalue weighted by atomic mass is 9.95. The summed E-state index contributed by atoms with van der Waals surface area (Å²) in [5.74, 6) is -2.52. The molecule has 0 spiro atoms. The molecule has 0 amide bonds. The fraction of sp³-hybridized carbons (Fsp3) is 0.300. The van der Waals surface area contributed by atoms with Crippen molar-refractivity contribution in [3.05, 3.63) is 71.8 Å². The Morgan fingerprint density at radius 2 is 1.38 bits per heavy atom. The molecule has 0 heterocycles. The number of carboxylic acids is 1. The highest BCUT2D eigenvalue weighted by Crippen LogP contribution is 2.35. The average molecular weight is 324 g/mol. The van der Waals surface area contributed by atoms with Crippen molar-refractivity contribution in [3.63, 3.8) is 0 Å². The highest BCUT2D eigenvalue weighted by Gasteiger charge is 2.39. The Kier molecular flexibility index (Phi) is 4.94. The van der Waals surface area contributed by atoms with Crippen molar-refractivity contribution < 1.29 is 19.4 Å². The van der Waals surface area contributed by atoms with Crippen LogP contribution in [-0.4, -0.2) is 17.0 Å². The van der Waals surface area contributed by atoms with Gasteiger partial charge in [0.1, 0.15) is 0 Å². The number of carboxylic acid groups (broad SMARTS) is 1. The summed E-state index contributed by atoms with van der Waals surface area (Å²) in [7, 11) is 0. The van der Waals surface area contributed by atoms with Crippen molar-refractivity contribution in [2.75, 3.05) is 0 Å². The molecule has 2 unspecified atom stereocenters. The van der Waals surface area contributed by atoms with Gasteiger partial charge in [-0.05, 0) is 24.0 Å². The van der Waals surface area contributed by atoms with Gasteiger partial charge in [-0.1, -0.05) is 67.1 Å². The highest BCUT2D eigenvalue weighted by atomic mass is 16.5. The van der Waals surface area contributed by atoms with E-state index in [4.69, 9.17) is 4.74 Å². The molecule has 1 saturated carbocycles. The maximum atomic E-state index is 12.6. The van der Waals surface area contributed by atoms with Crippen LogP contribution in [0.2, 0.25) is 0 Å². The van der Waals surface area contributed by atoms with Gasteiger partial charge in [-0.2, -0.15) is 0 Å². The van der Waals surface area contributed by atoms with E-state index in [1.165, 1.54) is 0 Å². The molecule has 0 saturated heterocycles. The lowest BCUT2D eigenvalue weighted by Crippen LogP contribution is -2.28. The van der Waals surface area contributed by atoms with Gasteiger partial charge in [-0.3, -0.25) is 9.59 Å². The molecule has 1 fully saturated rings. The first-order valence-electron chi connectivity index (χ1n) is 8.20. The third-order valence-electron chi connectivity index (χ3n) is 4.57. The van der Waals surface area contributed by atoms with Crippen molar-refractivity contribution in [2.24, 2.45) is 11.8 Å². The number of carbonyl (C=O) groups is 2. The predicted molar refractivity (Wildman–Crippen MR) is 89.3 cm³/mol. The van der Waals surface area contributed by atoms with Crippen LogP contribution in [0, 0.1) is 11.8 Å². The number of hydrogen-bond donors (Lipinski definition) is 1. The van der Waals surface area contributed by atoms with Gasteiger partial charge in [0, 0.05) is 0 Å². The quantitative estimate of drug-likeness (QED) is 0.849. The van der Waals surface area contributed by atoms with E-state index in [1.807, 2.05) is 60.7 Å². The van der Waals surface area contributed by atoms with Gasteiger partial charge >= 0.3 is 11.9 Å². The zero-order valence-electron chi connectivity index (χ0n) is 13.3. The standard InChI is InChI=1S/C20H20O4/c21-19(22)16-12-7-13-17(16)20(23)24-18(14-8-3-1-4-9-14)15-10-5-2-6-11-15/h1-6,8-11,16-18H,7,12-13H2,(H,21,22). The molecule has 24 heavy (non-hydrogen) atoms. The first-order valence-corrected chi connectivity index (χ1v) is 8.20. The Morgan fingerprint density at radius 1 is 0.875 bits per heavy atom. The van der Waals surface area contributed by atoms with E-state index in [0.717, 1.165) is 17.5 Å². The smallest absolute Gasteiger partial charge is 0.310 e. The molecule has 124 valence electrons. The van der Waals surface area contributed by atoms with Crippen LogP contribution in [0.3, 0.4) is 0 Å². The molecule has 1 aliphatic carbocycles. The fourth-order valence-electron chi connectivity index (χ4n) is 3.33. The van der Waals surface area contributed by atoms with E-state index < -0.39 is 29.9 Å². The minimum Gasteiger partial charge on any atom is -0.481 e. The average Bonchev–Trinajstić information content (AvgIpc) is 3.11. The molecule has 2 aromatic rings. The maximum absolute atomic E-state index is 12.6. The van der Waals surface area contributed by atoms with Crippen molar-refractivity contribution in [3.8, 4) is 0 Å². The molecule has 2 aromatic carbocycles. The minimum absolute atomic E-state index is 0.419. The molecule has 4 nitrogen and oxygen atoms in total. The van der Waals surface area contributed by atoms with E-state index in [0.29, 0.717) is 12.8 Å². The van der Waals surface area contributed by atoms with Crippen LogP contribution in [0.5, 0.6) is 0 Å². The highest BCUT2D eigenvalue weighted by molar-refractivity contribution is 5.82. The largest absolute Gasteiger partial charge is 0.481 e. The Morgan fingerprint density at radius 3 is 1.88 bits per heavy atom. The molecule has 4 heteroatoms. The zero-order chi connectivity index (χ0) is 16.9. The number of ether oxygens (including phenoxy) is 1. The van der Waals surface area contributed by atoms with E-state index in [1.54, 1.807) is 0 Å². The zero-order valence-corrected chi connectivity index (χ0v) is 13.3. The second-order valence-corrected chi connectivity index (χ2v) is 6.12. The molecule has 0 aliphatic heterocycles. The molecule has 3 rings (SSSR count). The summed E-state index contributed by atoms with van der Waals surface area (Å²) >= 11 is 0. The van der Waals surface area contributed by atoms with Gasteiger partial charge < -0.3 is 9.84 Å². The van der Waals surface area contributed by atoms with E-state index in [-0.39, 0.29) is 0 Å². The number of carbonyl (C=O) groups excluding carboxylic acids is 1. The van der Waals surface area contributed by atoms with Crippen LogP contribution >= 0.6 is 0 Å². The van der Waals surface area contributed by atoms with Crippen LogP contribution in [0.25, 0.3) is 0 Å². The van der Waals surface area contributed by atoms with Crippen molar-refractivity contribution in [1.29, 1.82) is 0 Å². The summed E-state index contributed by atoms with van der Waals surface area (Å²) in [6, 6.07) is 19.0. The van der Waals surface area contributed by atoms with Crippen LogP contribution in [0.15, 0.2) is 60.7 Å². The third kappa shape index (κ3) is 3.48. The number of rotatable bonds is 5. The lowest BCUT2D eigenvalue weighted by Gasteiger charge is -2.22. The first kappa shape index (κ1) is 16.2. The molecule has 1 aliphatic rings. The molecule has 2 atom stereocenters. The SMILES string of the molecule is O=C(O)C1CCCC1C(=O)OC(c1ccccc1)c1ccccc1. The van der Waals surface area contributed by atoms with E-state index in [9.17, 15) is 14.7 Å². The van der Waals surface area contributed by atoms with Crippen LogP contribution in [0.1, 0.15) is 36.5 Å². The van der Waals surface area contributed by atoms with E-state index >= 15 is 0 Å². The summed E-state index contributed by atoms with van der Waals surface area (Å²) in [5.41, 5.74) is 1.75. The second kappa shape index (κ2) is 7.30. The Hall–Kier alpha value is -2.62. The second-order valence-electron chi connectivity index (χ2n) is 6.12. The van der Waals surface area contributed by atoms with Gasteiger partial charge in [0.05, 0.1) is 11.8 Å². The van der Waals surface area contributed by atoms with Crippen LogP contribution in [0.4, 0.5) is 0 Å². The topological polar surface area (TPSA) is 63.6 Å². The predicted octanol–water partition coefficient (Wildman–Crippen LogP) is 3.82. The minimum atomic E-state index is -0.912. The van der Waals surface area contributed by atoms with Gasteiger partial charge in [-0.25, -0.2) is 0 Å². The van der Waals surface area contributed by atoms with Crippen LogP contribution < -0.4 is 0 Å². The first-order chi connectivity index (χ1) is 11.7. The van der Waals surface area contributed by atoms with Crippen LogP contribution in [-0.2, 0) is 14.3 Å². The Labute approximate surface area is 141 Å². The van der Waals surface area contributed by atoms with Crippen molar-refractivity contribution in [2.45, 2.75) is 25.4 Å². The maximum Gasteiger partial charge on any atom is 0.310 e.